The fourth-order valence-electron chi connectivity index (χ4n) is 1.77. The van der Waals surface area contributed by atoms with Crippen LogP contribution >= 0.6 is 8.38 Å². The summed E-state index contributed by atoms with van der Waals surface area (Å²) in [5.41, 5.74) is 2.35. The van der Waals surface area contributed by atoms with Gasteiger partial charge in [0.2, 0.25) is 8.38 Å². The van der Waals surface area contributed by atoms with Crippen molar-refractivity contribution in [3.05, 3.63) is 54.6 Å². The topological polar surface area (TPSA) is 18.5 Å². The predicted octanol–water partition coefficient (Wildman–Crippen LogP) is 3.58. The summed E-state index contributed by atoms with van der Waals surface area (Å²) >= 11 is 0. The van der Waals surface area contributed by atoms with Crippen LogP contribution < -0.4 is 5.30 Å². The first-order valence-electron chi connectivity index (χ1n) is 5.39. The molecule has 88 valence electrons. The van der Waals surface area contributed by atoms with Gasteiger partial charge in [0.05, 0.1) is 0 Å². The molecule has 0 saturated carbocycles. The summed E-state index contributed by atoms with van der Waals surface area (Å²) in [4.78, 5) is 0. The van der Waals surface area contributed by atoms with Crippen LogP contribution in [0, 0.1) is 0 Å². The Morgan fingerprint density at radius 3 is 2.00 bits per heavy atom. The second kappa shape index (κ2) is 5.92. The number of benzene rings is 2. The summed E-state index contributed by atoms with van der Waals surface area (Å²) < 4.78 is 10.8. The van der Waals surface area contributed by atoms with Gasteiger partial charge in [-0.15, -0.1) is 0 Å². The lowest BCUT2D eigenvalue weighted by atomic mass is 10.1. The normalized spacial score (nSPS) is 10.8. The van der Waals surface area contributed by atoms with Crippen LogP contribution in [0.4, 0.5) is 0 Å². The van der Waals surface area contributed by atoms with E-state index in [0.717, 1.165) is 5.30 Å². The van der Waals surface area contributed by atoms with Gasteiger partial charge in [0, 0.05) is 19.5 Å². The second-order valence-corrected chi connectivity index (χ2v) is 5.23. The maximum atomic E-state index is 5.39. The second-order valence-electron chi connectivity index (χ2n) is 3.51. The van der Waals surface area contributed by atoms with Crippen LogP contribution in [0.2, 0.25) is 0 Å². The molecule has 17 heavy (non-hydrogen) atoms. The van der Waals surface area contributed by atoms with E-state index in [0.29, 0.717) is 0 Å². The van der Waals surface area contributed by atoms with Crippen LogP contribution in [0.3, 0.4) is 0 Å². The van der Waals surface area contributed by atoms with Crippen LogP contribution in [0.25, 0.3) is 11.1 Å². The zero-order valence-electron chi connectivity index (χ0n) is 9.96. The molecule has 2 rings (SSSR count). The molecule has 0 atom stereocenters. The van der Waals surface area contributed by atoms with Crippen LogP contribution in [0.15, 0.2) is 54.6 Å². The third-order valence-corrected chi connectivity index (χ3v) is 3.96. The summed E-state index contributed by atoms with van der Waals surface area (Å²) in [7, 11) is 2.36. The molecule has 0 aliphatic carbocycles. The average molecular weight is 246 g/mol. The molecule has 0 radical (unpaired) electrons. The molecule has 0 amide bonds. The smallest absolute Gasteiger partial charge is 0.205 e. The lowest BCUT2D eigenvalue weighted by molar-refractivity contribution is 0.350. The van der Waals surface area contributed by atoms with Gasteiger partial charge in [-0.25, -0.2) is 0 Å². The Kier molecular flexibility index (Phi) is 4.27. The van der Waals surface area contributed by atoms with E-state index >= 15 is 0 Å². The van der Waals surface area contributed by atoms with Gasteiger partial charge in [-0.3, -0.25) is 0 Å². The molecule has 2 nitrogen and oxygen atoms in total. The highest BCUT2D eigenvalue weighted by Crippen LogP contribution is 2.38. The van der Waals surface area contributed by atoms with Crippen LogP contribution in [-0.4, -0.2) is 14.2 Å². The summed E-state index contributed by atoms with van der Waals surface area (Å²) in [6.45, 7) is 0. The molecule has 0 aliphatic heterocycles. The quantitative estimate of drug-likeness (QED) is 0.767. The Morgan fingerprint density at radius 1 is 0.765 bits per heavy atom. The van der Waals surface area contributed by atoms with Crippen molar-refractivity contribution in [3.63, 3.8) is 0 Å². The molecular formula is C14H15O2P. The summed E-state index contributed by atoms with van der Waals surface area (Å²) in [5.74, 6) is 0. The van der Waals surface area contributed by atoms with E-state index in [9.17, 15) is 0 Å². The lowest BCUT2D eigenvalue weighted by Crippen LogP contribution is -2.06. The molecule has 0 bridgehead atoms. The van der Waals surface area contributed by atoms with Gasteiger partial charge in [0.15, 0.2) is 0 Å². The van der Waals surface area contributed by atoms with E-state index < -0.39 is 8.38 Å². The average Bonchev–Trinajstić information content (AvgIpc) is 2.42. The van der Waals surface area contributed by atoms with E-state index in [1.54, 1.807) is 14.2 Å². The third-order valence-electron chi connectivity index (χ3n) is 2.52. The van der Waals surface area contributed by atoms with Crippen LogP contribution in [0.5, 0.6) is 0 Å². The zero-order valence-corrected chi connectivity index (χ0v) is 10.9. The molecule has 2 aromatic carbocycles. The Labute approximate surface area is 103 Å². The minimum atomic E-state index is -0.996. The maximum Gasteiger partial charge on any atom is 0.205 e. The Bertz CT molecular complexity index is 467. The molecule has 0 fully saturated rings. The van der Waals surface area contributed by atoms with E-state index in [1.807, 2.05) is 30.3 Å². The van der Waals surface area contributed by atoms with Crippen molar-refractivity contribution in [2.24, 2.45) is 0 Å². The zero-order chi connectivity index (χ0) is 12.1. The summed E-state index contributed by atoms with van der Waals surface area (Å²) in [6.07, 6.45) is 0. The third kappa shape index (κ3) is 2.73. The molecule has 0 N–H and O–H groups in total. The monoisotopic (exact) mass is 246 g/mol. The van der Waals surface area contributed by atoms with Gasteiger partial charge in [-0.1, -0.05) is 48.5 Å². The SMILES string of the molecule is COP(OC)c1ccccc1-c1ccccc1. The van der Waals surface area contributed by atoms with Crippen LogP contribution in [-0.2, 0) is 9.05 Å². The first kappa shape index (κ1) is 12.3. The van der Waals surface area contributed by atoms with Crippen molar-refractivity contribution in [3.8, 4) is 11.1 Å². The van der Waals surface area contributed by atoms with E-state index in [1.165, 1.54) is 11.1 Å². The maximum absolute atomic E-state index is 5.39. The molecule has 0 spiro atoms. The largest absolute Gasteiger partial charge is 0.334 e. The Balaban J connectivity index is 2.48. The summed E-state index contributed by atoms with van der Waals surface area (Å²) in [5, 5.41) is 1.11. The molecule has 3 heteroatoms. The Hall–Kier alpha value is -1.21. The van der Waals surface area contributed by atoms with Gasteiger partial charge in [0.1, 0.15) is 0 Å². The minimum absolute atomic E-state index is 0.996. The number of hydrogen-bond acceptors (Lipinski definition) is 2. The van der Waals surface area contributed by atoms with Crippen molar-refractivity contribution < 1.29 is 9.05 Å². The number of rotatable bonds is 4. The van der Waals surface area contributed by atoms with Crippen LogP contribution in [0.1, 0.15) is 0 Å². The van der Waals surface area contributed by atoms with E-state index in [4.69, 9.17) is 9.05 Å². The fraction of sp³-hybridized carbons (Fsp3) is 0.143. The lowest BCUT2D eigenvalue weighted by Gasteiger charge is -2.16. The number of hydrogen-bond donors (Lipinski definition) is 0. The molecule has 2 aromatic rings. The predicted molar refractivity (Wildman–Crippen MR) is 72.5 cm³/mol. The van der Waals surface area contributed by atoms with Crippen molar-refractivity contribution in [1.29, 1.82) is 0 Å². The highest BCUT2D eigenvalue weighted by Gasteiger charge is 2.15. The molecular weight excluding hydrogens is 231 g/mol. The standard InChI is InChI=1S/C14H15O2P/c1-15-17(16-2)14-11-7-6-10-13(14)12-8-4-3-5-9-12/h3-11H,1-2H3. The molecule has 0 aliphatic rings. The molecule has 0 unspecified atom stereocenters. The van der Waals surface area contributed by atoms with Gasteiger partial charge in [-0.05, 0) is 17.2 Å². The van der Waals surface area contributed by atoms with Gasteiger partial charge in [-0.2, -0.15) is 0 Å². The highest BCUT2D eigenvalue weighted by molar-refractivity contribution is 7.56. The van der Waals surface area contributed by atoms with Crippen molar-refractivity contribution in [1.82, 2.24) is 0 Å². The van der Waals surface area contributed by atoms with Gasteiger partial charge < -0.3 is 9.05 Å². The molecule has 0 saturated heterocycles. The first-order chi connectivity index (χ1) is 8.36. The Morgan fingerprint density at radius 2 is 1.35 bits per heavy atom. The van der Waals surface area contributed by atoms with Crippen molar-refractivity contribution >= 4 is 13.7 Å². The molecule has 0 aromatic heterocycles. The first-order valence-corrected chi connectivity index (χ1v) is 6.57. The van der Waals surface area contributed by atoms with Crippen molar-refractivity contribution in [2.75, 3.05) is 14.2 Å². The van der Waals surface area contributed by atoms with Crippen molar-refractivity contribution in [2.45, 2.75) is 0 Å². The summed E-state index contributed by atoms with van der Waals surface area (Å²) in [6, 6.07) is 18.5. The van der Waals surface area contributed by atoms with E-state index in [2.05, 4.69) is 24.3 Å². The molecule has 0 heterocycles. The van der Waals surface area contributed by atoms with Gasteiger partial charge >= 0.3 is 0 Å². The fourth-order valence-corrected chi connectivity index (χ4v) is 2.92. The highest BCUT2D eigenvalue weighted by atomic mass is 31.2. The van der Waals surface area contributed by atoms with Gasteiger partial charge in [0.25, 0.3) is 0 Å². The minimum Gasteiger partial charge on any atom is -0.334 e. The van der Waals surface area contributed by atoms with E-state index in [-0.39, 0.29) is 0 Å².